The lowest BCUT2D eigenvalue weighted by Crippen LogP contribution is -2.41. The van der Waals surface area contributed by atoms with Crippen molar-refractivity contribution >= 4 is 5.69 Å². The van der Waals surface area contributed by atoms with Crippen LogP contribution in [-0.4, -0.2) is 39.0 Å². The molecule has 0 atom stereocenters. The van der Waals surface area contributed by atoms with E-state index in [2.05, 4.69) is 42.3 Å². The van der Waals surface area contributed by atoms with E-state index in [0.29, 0.717) is 11.9 Å². The second kappa shape index (κ2) is 8.02. The first-order valence-electron chi connectivity index (χ1n) is 9.99. The second-order valence-electron chi connectivity index (χ2n) is 7.26. The third-order valence-electron chi connectivity index (χ3n) is 5.14. The van der Waals surface area contributed by atoms with E-state index >= 15 is 0 Å². The Kier molecular flexibility index (Phi) is 4.91. The first kappa shape index (κ1) is 19.0. The Labute approximate surface area is 179 Å². The van der Waals surface area contributed by atoms with Gasteiger partial charge in [0.2, 0.25) is 5.88 Å². The average molecular weight is 416 g/mol. The lowest BCUT2D eigenvalue weighted by Gasteiger charge is -2.08. The molecule has 9 nitrogen and oxygen atoms in total. The van der Waals surface area contributed by atoms with Crippen LogP contribution in [-0.2, 0) is 0 Å². The van der Waals surface area contributed by atoms with Crippen LogP contribution in [0.5, 0.6) is 11.9 Å². The number of ether oxygens (including phenoxy) is 2. The Bertz CT molecular complexity index is 1200. The maximum absolute atomic E-state index is 5.38. The van der Waals surface area contributed by atoms with Crippen LogP contribution >= 0.6 is 0 Å². The third-order valence-corrected chi connectivity index (χ3v) is 5.14. The minimum atomic E-state index is 0.269. The number of methoxy groups -OCH3 is 2. The zero-order valence-corrected chi connectivity index (χ0v) is 17.3. The van der Waals surface area contributed by atoms with Gasteiger partial charge in [-0.15, -0.1) is 10.2 Å². The molecule has 4 aromatic rings. The van der Waals surface area contributed by atoms with Gasteiger partial charge in [0, 0.05) is 35.5 Å². The topological polar surface area (TPSA) is 90.9 Å². The molecule has 1 aromatic carbocycles. The highest BCUT2D eigenvalue weighted by Crippen LogP contribution is 2.37. The molecule has 31 heavy (non-hydrogen) atoms. The molecule has 0 aliphatic heterocycles. The van der Waals surface area contributed by atoms with Gasteiger partial charge < -0.3 is 14.0 Å². The van der Waals surface area contributed by atoms with Crippen LogP contribution in [0.1, 0.15) is 18.9 Å². The molecular formula is C22H22N7O2+. The minimum Gasteiger partial charge on any atom is -0.480 e. The molecule has 0 saturated heterocycles. The Morgan fingerprint density at radius 3 is 2.65 bits per heavy atom. The first-order chi connectivity index (χ1) is 15.2. The molecule has 156 valence electrons. The summed E-state index contributed by atoms with van der Waals surface area (Å²) in [6.45, 7) is 0. The predicted molar refractivity (Wildman–Crippen MR) is 114 cm³/mol. The fourth-order valence-electron chi connectivity index (χ4n) is 3.43. The van der Waals surface area contributed by atoms with Crippen molar-refractivity contribution < 1.29 is 14.1 Å². The molecule has 0 amide bonds. The summed E-state index contributed by atoms with van der Waals surface area (Å²) in [5, 5.41) is 8.41. The molecule has 3 aromatic heterocycles. The lowest BCUT2D eigenvalue weighted by molar-refractivity contribution is -0.642. The molecule has 1 fully saturated rings. The van der Waals surface area contributed by atoms with Crippen LogP contribution in [0.15, 0.2) is 61.3 Å². The molecule has 0 spiro atoms. The van der Waals surface area contributed by atoms with E-state index in [1.54, 1.807) is 13.3 Å². The average Bonchev–Trinajstić information content (AvgIpc) is 3.55. The van der Waals surface area contributed by atoms with Crippen molar-refractivity contribution in [2.45, 2.75) is 18.9 Å². The number of hydrogen-bond acceptors (Lipinski definition) is 7. The molecule has 1 saturated carbocycles. The third kappa shape index (κ3) is 3.89. The molecule has 0 radical (unpaired) electrons. The van der Waals surface area contributed by atoms with Crippen molar-refractivity contribution in [1.29, 1.82) is 0 Å². The number of aromatic nitrogens is 6. The number of nitrogens with zero attached hydrogens (tertiary/aromatic N) is 6. The zero-order valence-electron chi connectivity index (χ0n) is 17.3. The van der Waals surface area contributed by atoms with Gasteiger partial charge in [-0.25, -0.2) is 4.98 Å². The van der Waals surface area contributed by atoms with Crippen molar-refractivity contribution in [3.05, 3.63) is 61.3 Å². The van der Waals surface area contributed by atoms with Gasteiger partial charge in [-0.1, -0.05) is 16.8 Å². The zero-order chi connectivity index (χ0) is 21.2. The highest BCUT2D eigenvalue weighted by atomic mass is 16.5. The van der Waals surface area contributed by atoms with Gasteiger partial charge in [0.1, 0.15) is 6.33 Å². The van der Waals surface area contributed by atoms with Crippen LogP contribution in [0, 0.1) is 0 Å². The Hall–Kier alpha value is -4.01. The van der Waals surface area contributed by atoms with E-state index in [4.69, 9.17) is 9.47 Å². The van der Waals surface area contributed by atoms with Crippen LogP contribution in [0.4, 0.5) is 5.69 Å². The Morgan fingerprint density at radius 2 is 1.90 bits per heavy atom. The van der Waals surface area contributed by atoms with Gasteiger partial charge in [-0.3, -0.25) is 0 Å². The van der Waals surface area contributed by atoms with Gasteiger partial charge in [-0.05, 0) is 25.0 Å². The number of hydrogen-bond donors (Lipinski definition) is 1. The van der Waals surface area contributed by atoms with Gasteiger partial charge >= 0.3 is 6.01 Å². The number of anilines is 1. The maximum atomic E-state index is 5.38. The monoisotopic (exact) mass is 416 g/mol. The van der Waals surface area contributed by atoms with Crippen LogP contribution in [0.3, 0.4) is 0 Å². The van der Waals surface area contributed by atoms with Gasteiger partial charge in [-0.2, -0.15) is 10.4 Å². The molecule has 9 heteroatoms. The molecule has 1 N–H and O–H groups in total. The van der Waals surface area contributed by atoms with Crippen molar-refractivity contribution in [3.63, 3.8) is 0 Å². The lowest BCUT2D eigenvalue weighted by atomic mass is 10.1. The Balaban J connectivity index is 1.36. The second-order valence-corrected chi connectivity index (χ2v) is 7.26. The molecule has 0 bridgehead atoms. The summed E-state index contributed by atoms with van der Waals surface area (Å²) >= 11 is 0. The molecule has 3 heterocycles. The van der Waals surface area contributed by atoms with Crippen LogP contribution < -0.4 is 19.6 Å². The SMILES string of the molecule is COc1ncc(-c2cc[n+](Nc3cccc(-c4nncn4C4CC4)c3)cc2)c(OC)n1. The fraction of sp³-hybridized carbons (Fsp3) is 0.227. The predicted octanol–water partition coefficient (Wildman–Crippen LogP) is 2.92. The smallest absolute Gasteiger partial charge is 0.319 e. The van der Waals surface area contributed by atoms with E-state index in [1.807, 2.05) is 47.7 Å². The fourth-order valence-corrected chi connectivity index (χ4v) is 3.43. The van der Waals surface area contributed by atoms with Gasteiger partial charge in [0.25, 0.3) is 0 Å². The van der Waals surface area contributed by atoms with Crippen LogP contribution in [0.2, 0.25) is 0 Å². The number of benzene rings is 1. The minimum absolute atomic E-state index is 0.269. The van der Waals surface area contributed by atoms with Crippen molar-refractivity contribution in [3.8, 4) is 34.4 Å². The summed E-state index contributed by atoms with van der Waals surface area (Å²) < 4.78 is 14.5. The highest BCUT2D eigenvalue weighted by molar-refractivity contribution is 5.67. The van der Waals surface area contributed by atoms with E-state index < -0.39 is 0 Å². The molecule has 1 aliphatic rings. The molecule has 1 aliphatic carbocycles. The molecule has 0 unspecified atom stereocenters. The van der Waals surface area contributed by atoms with Crippen molar-refractivity contribution in [1.82, 2.24) is 24.7 Å². The normalized spacial score (nSPS) is 13.1. The van der Waals surface area contributed by atoms with E-state index in [1.165, 1.54) is 20.0 Å². The Morgan fingerprint density at radius 1 is 1.06 bits per heavy atom. The van der Waals surface area contributed by atoms with E-state index in [0.717, 1.165) is 28.2 Å². The summed E-state index contributed by atoms with van der Waals surface area (Å²) in [6, 6.07) is 12.9. The summed E-state index contributed by atoms with van der Waals surface area (Å²) in [5.41, 5.74) is 7.08. The van der Waals surface area contributed by atoms with Gasteiger partial charge in [0.05, 0.1) is 25.5 Å². The summed E-state index contributed by atoms with van der Waals surface area (Å²) in [5.74, 6) is 1.36. The number of nitrogens with one attached hydrogen (secondary N) is 1. The number of rotatable bonds is 7. The first-order valence-corrected chi connectivity index (χ1v) is 9.99. The molecule has 5 rings (SSSR count). The van der Waals surface area contributed by atoms with Crippen molar-refractivity contribution in [2.75, 3.05) is 19.6 Å². The van der Waals surface area contributed by atoms with Gasteiger partial charge in [0.15, 0.2) is 18.2 Å². The largest absolute Gasteiger partial charge is 0.480 e. The number of pyridine rings is 1. The highest BCUT2D eigenvalue weighted by Gasteiger charge is 2.26. The summed E-state index contributed by atoms with van der Waals surface area (Å²) in [6.07, 6.45) is 9.75. The maximum Gasteiger partial charge on any atom is 0.319 e. The van der Waals surface area contributed by atoms with E-state index in [-0.39, 0.29) is 6.01 Å². The quantitative estimate of drug-likeness (QED) is 0.463. The summed E-state index contributed by atoms with van der Waals surface area (Å²) in [4.78, 5) is 8.42. The summed E-state index contributed by atoms with van der Waals surface area (Å²) in [7, 11) is 3.10. The van der Waals surface area contributed by atoms with Crippen LogP contribution in [0.25, 0.3) is 22.5 Å². The standard InChI is InChI=1S/C22H22N7O2/c1-30-21-19(13-23-22(25-21)31-2)15-8-10-28(11-9-15)27-17-5-3-4-16(12-17)20-26-24-14-29(20)18-6-7-18/h3-5,8-14,18,27H,6-7H2,1-2H3/q+1. The van der Waals surface area contributed by atoms with Crippen molar-refractivity contribution in [2.24, 2.45) is 0 Å². The molecular weight excluding hydrogens is 394 g/mol. The van der Waals surface area contributed by atoms with E-state index in [9.17, 15) is 0 Å².